The van der Waals surface area contributed by atoms with Crippen LogP contribution in [0, 0.1) is 5.82 Å². The van der Waals surface area contributed by atoms with E-state index in [-0.39, 0.29) is 36.1 Å². The van der Waals surface area contributed by atoms with Crippen molar-refractivity contribution in [1.29, 1.82) is 0 Å². The summed E-state index contributed by atoms with van der Waals surface area (Å²) in [5.74, 6) is 0.358. The Hall–Kier alpha value is -4.25. The third kappa shape index (κ3) is 4.99. The molecule has 10 nitrogen and oxygen atoms in total. The van der Waals surface area contributed by atoms with Crippen LogP contribution in [0.5, 0.6) is 5.75 Å². The predicted octanol–water partition coefficient (Wildman–Crippen LogP) is 1.45. The fourth-order valence-corrected chi connectivity index (χ4v) is 3.18. The van der Waals surface area contributed by atoms with Crippen molar-refractivity contribution in [2.45, 2.75) is 12.6 Å². The molecule has 0 saturated carbocycles. The van der Waals surface area contributed by atoms with Crippen molar-refractivity contribution in [3.63, 3.8) is 0 Å². The first kappa shape index (κ1) is 22.0. The second-order valence-corrected chi connectivity index (χ2v) is 7.24. The van der Waals surface area contributed by atoms with Crippen LogP contribution in [-0.2, 0) is 13.6 Å². The zero-order chi connectivity index (χ0) is 23.4. The molecule has 0 unspecified atom stereocenters. The highest BCUT2D eigenvalue weighted by Crippen LogP contribution is 2.17. The number of aromatic nitrogens is 4. The Labute approximate surface area is 186 Å². The number of benzene rings is 2. The normalized spacial score (nSPS) is 12.3. The minimum Gasteiger partial charge on any atom is -0.491 e. The number of hydrazone groups is 1. The number of ether oxygens (including phenoxy) is 1. The molecule has 1 atom stereocenters. The summed E-state index contributed by atoms with van der Waals surface area (Å²) in [5, 5.41) is 14.6. The summed E-state index contributed by atoms with van der Waals surface area (Å²) in [5.41, 5.74) is 2.31. The standard InChI is InChI=1S/C22H21FN6O4/c1-28-19-18(20(31)26-22(28)32)29(12-16(30)13-33-17-5-3-2-4-6-17)21(25-19)27-24-11-14-7-9-15(23)10-8-14/h2-11,16,30H,12-13H2,1H3,(H,25,27)(H,26,31,32)/b24-11-/t16-/m1/s1. The molecule has 4 rings (SSSR count). The van der Waals surface area contributed by atoms with Gasteiger partial charge in [-0.1, -0.05) is 30.3 Å². The van der Waals surface area contributed by atoms with Gasteiger partial charge in [-0.2, -0.15) is 10.1 Å². The van der Waals surface area contributed by atoms with E-state index in [1.54, 1.807) is 24.3 Å². The van der Waals surface area contributed by atoms with Crippen molar-refractivity contribution >= 4 is 23.3 Å². The predicted molar refractivity (Wildman–Crippen MR) is 121 cm³/mol. The third-order valence-electron chi connectivity index (χ3n) is 4.83. The van der Waals surface area contributed by atoms with E-state index in [2.05, 4.69) is 20.5 Å². The third-order valence-corrected chi connectivity index (χ3v) is 4.83. The molecule has 2 aromatic heterocycles. The van der Waals surface area contributed by atoms with Crippen LogP contribution in [0.15, 0.2) is 69.3 Å². The quantitative estimate of drug-likeness (QED) is 0.274. The number of halogens is 1. The summed E-state index contributed by atoms with van der Waals surface area (Å²) in [6.45, 7) is -0.0926. The maximum absolute atomic E-state index is 13.1. The first-order valence-electron chi connectivity index (χ1n) is 10.0. The average Bonchev–Trinajstić information content (AvgIpc) is 3.17. The summed E-state index contributed by atoms with van der Waals surface area (Å²) < 4.78 is 21.3. The van der Waals surface area contributed by atoms with E-state index in [4.69, 9.17) is 4.74 Å². The lowest BCUT2D eigenvalue weighted by atomic mass is 10.2. The van der Waals surface area contributed by atoms with E-state index < -0.39 is 17.4 Å². The SMILES string of the molecule is Cn1c(=O)[nH]c(=O)c2c1nc(N/N=C\c1ccc(F)cc1)n2C[C@@H](O)COc1ccccc1. The molecule has 33 heavy (non-hydrogen) atoms. The van der Waals surface area contributed by atoms with Gasteiger partial charge in [-0.15, -0.1) is 0 Å². The zero-order valence-electron chi connectivity index (χ0n) is 17.6. The molecule has 11 heteroatoms. The topological polar surface area (TPSA) is 127 Å². The number of anilines is 1. The number of imidazole rings is 1. The molecule has 2 aromatic carbocycles. The lowest BCUT2D eigenvalue weighted by Crippen LogP contribution is -2.30. The van der Waals surface area contributed by atoms with Crippen molar-refractivity contribution in [3.05, 3.63) is 86.8 Å². The molecule has 0 radical (unpaired) electrons. The Kier molecular flexibility index (Phi) is 6.31. The van der Waals surface area contributed by atoms with Crippen LogP contribution in [0.25, 0.3) is 11.2 Å². The summed E-state index contributed by atoms with van der Waals surface area (Å²) in [6.07, 6.45) is 0.447. The van der Waals surface area contributed by atoms with Gasteiger partial charge in [0.15, 0.2) is 11.2 Å². The number of aryl methyl sites for hydroxylation is 1. The Balaban J connectivity index is 1.62. The molecule has 0 bridgehead atoms. The van der Waals surface area contributed by atoms with Crippen LogP contribution in [-0.4, -0.2) is 43.1 Å². The van der Waals surface area contributed by atoms with Gasteiger partial charge in [0.2, 0.25) is 5.95 Å². The zero-order valence-corrected chi connectivity index (χ0v) is 17.6. The highest BCUT2D eigenvalue weighted by molar-refractivity contribution is 5.80. The maximum atomic E-state index is 13.1. The summed E-state index contributed by atoms with van der Waals surface area (Å²) in [7, 11) is 1.47. The average molecular weight is 452 g/mol. The number of rotatable bonds is 8. The fraction of sp³-hybridized carbons (Fsp3) is 0.182. The minimum absolute atomic E-state index is 0.0361. The summed E-state index contributed by atoms with van der Waals surface area (Å²) in [6, 6.07) is 14.7. The second-order valence-electron chi connectivity index (χ2n) is 7.24. The van der Waals surface area contributed by atoms with Crippen molar-refractivity contribution in [2.75, 3.05) is 12.0 Å². The number of nitrogens with one attached hydrogen (secondary N) is 2. The van der Waals surface area contributed by atoms with Crippen LogP contribution in [0.3, 0.4) is 0 Å². The Bertz CT molecular complexity index is 1390. The molecule has 4 aromatic rings. The number of hydrogen-bond donors (Lipinski definition) is 3. The highest BCUT2D eigenvalue weighted by atomic mass is 19.1. The molecular formula is C22H21FN6O4. The highest BCUT2D eigenvalue weighted by Gasteiger charge is 2.19. The molecule has 0 saturated heterocycles. The monoisotopic (exact) mass is 452 g/mol. The van der Waals surface area contributed by atoms with Crippen LogP contribution in [0.4, 0.5) is 10.3 Å². The second kappa shape index (κ2) is 9.49. The fourth-order valence-electron chi connectivity index (χ4n) is 3.18. The van der Waals surface area contributed by atoms with Crippen molar-refractivity contribution in [3.8, 4) is 5.75 Å². The first-order chi connectivity index (χ1) is 15.9. The molecule has 0 amide bonds. The van der Waals surface area contributed by atoms with Gasteiger partial charge in [-0.05, 0) is 29.8 Å². The largest absolute Gasteiger partial charge is 0.491 e. The van der Waals surface area contributed by atoms with E-state index in [1.807, 2.05) is 18.2 Å². The Morgan fingerprint density at radius 1 is 1.21 bits per heavy atom. The molecule has 170 valence electrons. The lowest BCUT2D eigenvalue weighted by Gasteiger charge is -2.15. The van der Waals surface area contributed by atoms with Gasteiger partial charge in [0.05, 0.1) is 12.8 Å². The van der Waals surface area contributed by atoms with E-state index in [9.17, 15) is 19.1 Å². The molecule has 0 aliphatic carbocycles. The number of hydrogen-bond acceptors (Lipinski definition) is 7. The van der Waals surface area contributed by atoms with Gasteiger partial charge in [0.25, 0.3) is 5.56 Å². The molecule has 0 fully saturated rings. The number of aliphatic hydroxyl groups is 1. The van der Waals surface area contributed by atoms with Gasteiger partial charge in [-0.25, -0.2) is 14.6 Å². The van der Waals surface area contributed by atoms with Crippen LogP contribution in [0.1, 0.15) is 5.56 Å². The van der Waals surface area contributed by atoms with E-state index >= 15 is 0 Å². The van der Waals surface area contributed by atoms with E-state index in [1.165, 1.54) is 34.5 Å². The summed E-state index contributed by atoms with van der Waals surface area (Å²) in [4.78, 5) is 31.1. The molecule has 0 aliphatic heterocycles. The van der Waals surface area contributed by atoms with Crippen molar-refractivity contribution in [2.24, 2.45) is 12.1 Å². The minimum atomic E-state index is -0.999. The Morgan fingerprint density at radius 2 is 1.94 bits per heavy atom. The molecule has 2 heterocycles. The van der Waals surface area contributed by atoms with Crippen molar-refractivity contribution in [1.82, 2.24) is 19.1 Å². The van der Waals surface area contributed by atoms with Crippen molar-refractivity contribution < 1.29 is 14.2 Å². The molecular weight excluding hydrogens is 431 g/mol. The van der Waals surface area contributed by atoms with E-state index in [0.717, 1.165) is 0 Å². The summed E-state index contributed by atoms with van der Waals surface area (Å²) >= 11 is 0. The van der Waals surface area contributed by atoms with Gasteiger partial charge in [0.1, 0.15) is 24.3 Å². The van der Waals surface area contributed by atoms with Gasteiger partial charge >= 0.3 is 5.69 Å². The van der Waals surface area contributed by atoms with Gasteiger partial charge < -0.3 is 14.4 Å². The van der Waals surface area contributed by atoms with Gasteiger partial charge in [-0.3, -0.25) is 14.3 Å². The number of aliphatic hydroxyl groups excluding tert-OH is 1. The Morgan fingerprint density at radius 3 is 2.67 bits per heavy atom. The lowest BCUT2D eigenvalue weighted by molar-refractivity contribution is 0.0938. The number of aromatic amines is 1. The molecule has 0 aliphatic rings. The van der Waals surface area contributed by atoms with Crippen LogP contribution >= 0.6 is 0 Å². The number of fused-ring (bicyclic) bond motifs is 1. The number of H-pyrrole nitrogens is 1. The van der Waals surface area contributed by atoms with Crippen LogP contribution < -0.4 is 21.4 Å². The first-order valence-corrected chi connectivity index (χ1v) is 10.0. The smallest absolute Gasteiger partial charge is 0.329 e. The number of nitrogens with zero attached hydrogens (tertiary/aromatic N) is 4. The van der Waals surface area contributed by atoms with E-state index in [0.29, 0.717) is 11.3 Å². The number of para-hydroxylation sites is 1. The van der Waals surface area contributed by atoms with Crippen LogP contribution in [0.2, 0.25) is 0 Å². The van der Waals surface area contributed by atoms with Gasteiger partial charge in [0, 0.05) is 7.05 Å². The maximum Gasteiger partial charge on any atom is 0.329 e. The molecule has 0 spiro atoms. The molecule has 3 N–H and O–H groups in total.